The first-order valence-electron chi connectivity index (χ1n) is 6.15. The molecule has 2 nitrogen and oxygen atoms in total. The van der Waals surface area contributed by atoms with Gasteiger partial charge in [0, 0.05) is 12.1 Å². The predicted octanol–water partition coefficient (Wildman–Crippen LogP) is 2.97. The molecular weight excluding hydrogens is 222 g/mol. The van der Waals surface area contributed by atoms with Crippen molar-refractivity contribution in [2.45, 2.75) is 13.3 Å². The molecule has 2 heteroatoms. The monoisotopic (exact) mass is 239 g/mol. The Kier molecular flexibility index (Phi) is 4.13. The van der Waals surface area contributed by atoms with E-state index in [1.165, 1.54) is 5.56 Å². The molecule has 2 aromatic rings. The van der Waals surface area contributed by atoms with Crippen LogP contribution in [0.1, 0.15) is 21.5 Å². The van der Waals surface area contributed by atoms with Crippen LogP contribution in [0.5, 0.6) is 0 Å². The van der Waals surface area contributed by atoms with Gasteiger partial charge >= 0.3 is 0 Å². The van der Waals surface area contributed by atoms with E-state index in [4.69, 9.17) is 0 Å². The molecule has 0 atom stereocenters. The van der Waals surface area contributed by atoms with Crippen molar-refractivity contribution in [2.75, 3.05) is 6.54 Å². The molecule has 2 rings (SSSR count). The Balaban J connectivity index is 1.88. The van der Waals surface area contributed by atoms with Crippen molar-refractivity contribution in [2.24, 2.45) is 0 Å². The van der Waals surface area contributed by atoms with Gasteiger partial charge in [0.25, 0.3) is 5.91 Å². The van der Waals surface area contributed by atoms with Gasteiger partial charge in [-0.1, -0.05) is 48.5 Å². The minimum absolute atomic E-state index is 0.00373. The Bertz CT molecular complexity index is 520. The van der Waals surface area contributed by atoms with Crippen molar-refractivity contribution in [3.8, 4) is 0 Å². The van der Waals surface area contributed by atoms with E-state index in [1.54, 1.807) is 0 Å². The molecule has 0 aliphatic heterocycles. The number of benzene rings is 2. The van der Waals surface area contributed by atoms with Gasteiger partial charge in [-0.15, -0.1) is 0 Å². The summed E-state index contributed by atoms with van der Waals surface area (Å²) in [5, 5.41) is 2.95. The molecule has 1 N–H and O–H groups in total. The first-order valence-corrected chi connectivity index (χ1v) is 6.15. The maximum Gasteiger partial charge on any atom is 0.251 e. The van der Waals surface area contributed by atoms with Crippen LogP contribution in [0, 0.1) is 6.92 Å². The van der Waals surface area contributed by atoms with Crippen LogP contribution in [0.2, 0.25) is 0 Å². The van der Waals surface area contributed by atoms with Crippen molar-refractivity contribution < 1.29 is 4.79 Å². The average Bonchev–Trinajstić information content (AvgIpc) is 2.40. The molecule has 0 heterocycles. The Hall–Kier alpha value is -2.09. The third-order valence-corrected chi connectivity index (χ3v) is 2.93. The SMILES string of the molecule is Cc1ccccc1C(=O)NCCc1ccccc1. The van der Waals surface area contributed by atoms with Crippen LogP contribution in [-0.4, -0.2) is 12.5 Å². The molecule has 0 spiro atoms. The van der Waals surface area contributed by atoms with E-state index in [1.807, 2.05) is 49.4 Å². The molecule has 0 aliphatic carbocycles. The summed E-state index contributed by atoms with van der Waals surface area (Å²) < 4.78 is 0. The summed E-state index contributed by atoms with van der Waals surface area (Å²) in [5.74, 6) is 0.00373. The topological polar surface area (TPSA) is 29.1 Å². The number of carbonyl (C=O) groups excluding carboxylic acids is 1. The summed E-state index contributed by atoms with van der Waals surface area (Å²) >= 11 is 0. The summed E-state index contributed by atoms with van der Waals surface area (Å²) in [4.78, 5) is 11.9. The zero-order valence-electron chi connectivity index (χ0n) is 10.5. The molecule has 0 unspecified atom stereocenters. The fourth-order valence-corrected chi connectivity index (χ4v) is 1.89. The lowest BCUT2D eigenvalue weighted by atomic mass is 10.1. The molecular formula is C16H17NO. The summed E-state index contributed by atoms with van der Waals surface area (Å²) in [6.07, 6.45) is 0.860. The van der Waals surface area contributed by atoms with Crippen LogP contribution in [0.4, 0.5) is 0 Å². The fraction of sp³-hybridized carbons (Fsp3) is 0.188. The highest BCUT2D eigenvalue weighted by atomic mass is 16.1. The first kappa shape index (κ1) is 12.4. The molecule has 92 valence electrons. The zero-order chi connectivity index (χ0) is 12.8. The molecule has 0 aliphatic rings. The maximum absolute atomic E-state index is 11.9. The molecule has 18 heavy (non-hydrogen) atoms. The van der Waals surface area contributed by atoms with Crippen LogP contribution in [0.25, 0.3) is 0 Å². The van der Waals surface area contributed by atoms with E-state index < -0.39 is 0 Å². The van der Waals surface area contributed by atoms with Crippen molar-refractivity contribution in [1.29, 1.82) is 0 Å². The average molecular weight is 239 g/mol. The largest absolute Gasteiger partial charge is 0.352 e. The number of carbonyl (C=O) groups is 1. The van der Waals surface area contributed by atoms with Crippen LogP contribution < -0.4 is 5.32 Å². The molecule has 2 aromatic carbocycles. The zero-order valence-corrected chi connectivity index (χ0v) is 10.5. The van der Waals surface area contributed by atoms with E-state index in [9.17, 15) is 4.79 Å². The molecule has 0 radical (unpaired) electrons. The van der Waals surface area contributed by atoms with E-state index in [0.717, 1.165) is 17.5 Å². The van der Waals surface area contributed by atoms with Gasteiger partial charge in [-0.3, -0.25) is 4.79 Å². The number of hydrogen-bond acceptors (Lipinski definition) is 1. The Morgan fingerprint density at radius 1 is 1.00 bits per heavy atom. The lowest BCUT2D eigenvalue weighted by Crippen LogP contribution is -2.26. The minimum atomic E-state index is 0.00373. The van der Waals surface area contributed by atoms with Crippen molar-refractivity contribution in [1.82, 2.24) is 5.32 Å². The van der Waals surface area contributed by atoms with Gasteiger partial charge in [-0.25, -0.2) is 0 Å². The summed E-state index contributed by atoms with van der Waals surface area (Å²) in [7, 11) is 0. The van der Waals surface area contributed by atoms with E-state index in [2.05, 4.69) is 17.4 Å². The highest BCUT2D eigenvalue weighted by Gasteiger charge is 2.06. The van der Waals surface area contributed by atoms with Crippen LogP contribution in [0.3, 0.4) is 0 Å². The van der Waals surface area contributed by atoms with E-state index >= 15 is 0 Å². The quantitative estimate of drug-likeness (QED) is 0.873. The second-order valence-corrected chi connectivity index (χ2v) is 4.31. The number of rotatable bonds is 4. The van der Waals surface area contributed by atoms with Crippen LogP contribution in [0.15, 0.2) is 54.6 Å². The molecule has 0 saturated carbocycles. The molecule has 0 saturated heterocycles. The first-order chi connectivity index (χ1) is 8.77. The highest BCUT2D eigenvalue weighted by Crippen LogP contribution is 2.06. The lowest BCUT2D eigenvalue weighted by molar-refractivity contribution is 0.0953. The normalized spacial score (nSPS) is 10.1. The molecule has 0 bridgehead atoms. The third kappa shape index (κ3) is 3.20. The highest BCUT2D eigenvalue weighted by molar-refractivity contribution is 5.95. The second kappa shape index (κ2) is 6.01. The molecule has 0 fully saturated rings. The molecule has 1 amide bonds. The lowest BCUT2D eigenvalue weighted by Gasteiger charge is -2.07. The minimum Gasteiger partial charge on any atom is -0.352 e. The van der Waals surface area contributed by atoms with Gasteiger partial charge in [0.05, 0.1) is 0 Å². The number of aryl methyl sites for hydroxylation is 1. The Morgan fingerprint density at radius 2 is 1.67 bits per heavy atom. The summed E-state index contributed by atoms with van der Waals surface area (Å²) in [6, 6.07) is 17.8. The second-order valence-electron chi connectivity index (χ2n) is 4.31. The van der Waals surface area contributed by atoms with Crippen molar-refractivity contribution >= 4 is 5.91 Å². The fourth-order valence-electron chi connectivity index (χ4n) is 1.89. The Labute approximate surface area is 108 Å². The van der Waals surface area contributed by atoms with Gasteiger partial charge < -0.3 is 5.32 Å². The van der Waals surface area contributed by atoms with Crippen LogP contribution >= 0.6 is 0 Å². The van der Waals surface area contributed by atoms with Crippen molar-refractivity contribution in [3.63, 3.8) is 0 Å². The van der Waals surface area contributed by atoms with Gasteiger partial charge in [0.1, 0.15) is 0 Å². The third-order valence-electron chi connectivity index (χ3n) is 2.93. The van der Waals surface area contributed by atoms with E-state index in [-0.39, 0.29) is 5.91 Å². The van der Waals surface area contributed by atoms with Crippen LogP contribution in [-0.2, 0) is 6.42 Å². The maximum atomic E-state index is 11.9. The van der Waals surface area contributed by atoms with Gasteiger partial charge in [-0.2, -0.15) is 0 Å². The smallest absolute Gasteiger partial charge is 0.251 e. The Morgan fingerprint density at radius 3 is 2.39 bits per heavy atom. The summed E-state index contributed by atoms with van der Waals surface area (Å²) in [6.45, 7) is 2.61. The van der Waals surface area contributed by atoms with Gasteiger partial charge in [-0.05, 0) is 30.5 Å². The predicted molar refractivity (Wildman–Crippen MR) is 73.7 cm³/mol. The number of amides is 1. The number of nitrogens with one attached hydrogen (secondary N) is 1. The van der Waals surface area contributed by atoms with Gasteiger partial charge in [0.2, 0.25) is 0 Å². The van der Waals surface area contributed by atoms with Crippen molar-refractivity contribution in [3.05, 3.63) is 71.3 Å². The summed E-state index contributed by atoms with van der Waals surface area (Å²) in [5.41, 5.74) is 3.00. The number of hydrogen-bond donors (Lipinski definition) is 1. The molecule has 0 aromatic heterocycles. The van der Waals surface area contributed by atoms with E-state index in [0.29, 0.717) is 6.54 Å². The van der Waals surface area contributed by atoms with Gasteiger partial charge in [0.15, 0.2) is 0 Å². The standard InChI is InChI=1S/C16H17NO/c1-13-7-5-6-10-15(13)16(18)17-12-11-14-8-3-2-4-9-14/h2-10H,11-12H2,1H3,(H,17,18).